The van der Waals surface area contributed by atoms with Crippen LogP contribution in [0.25, 0.3) is 0 Å². The number of nitrogens with zero attached hydrogens (tertiary/aromatic N) is 3. The number of aryl methyl sites for hydroxylation is 1. The molecule has 2 aliphatic rings. The predicted octanol–water partition coefficient (Wildman–Crippen LogP) is 2.66. The zero-order valence-electron chi connectivity index (χ0n) is 20.8. The van der Waals surface area contributed by atoms with Gasteiger partial charge in [0.1, 0.15) is 11.5 Å². The third-order valence-corrected chi connectivity index (χ3v) is 6.23. The van der Waals surface area contributed by atoms with E-state index in [0.717, 1.165) is 24.4 Å². The SMILES string of the molecule is Cc1ccc(CN(Cc2ccc3c(c2)OCO3)C(=O)CN(CCN2CCOCC2)C(=O)C(C)C)o1. The van der Waals surface area contributed by atoms with Gasteiger partial charge in [-0.15, -0.1) is 0 Å². The second-order valence-corrected chi connectivity index (χ2v) is 9.32. The van der Waals surface area contributed by atoms with Crippen molar-refractivity contribution in [3.05, 3.63) is 47.4 Å². The number of morpholine rings is 1. The van der Waals surface area contributed by atoms with Gasteiger partial charge in [0.15, 0.2) is 11.5 Å². The molecule has 0 N–H and O–H groups in total. The maximum absolute atomic E-state index is 13.6. The minimum atomic E-state index is -0.192. The van der Waals surface area contributed by atoms with Crippen molar-refractivity contribution in [2.24, 2.45) is 5.92 Å². The van der Waals surface area contributed by atoms with Crippen molar-refractivity contribution in [3.8, 4) is 11.5 Å². The first-order valence-electron chi connectivity index (χ1n) is 12.2. The number of carbonyl (C=O) groups excluding carboxylic acids is 2. The molecule has 190 valence electrons. The lowest BCUT2D eigenvalue weighted by atomic mass is 10.1. The van der Waals surface area contributed by atoms with Crippen molar-refractivity contribution < 1.29 is 28.2 Å². The summed E-state index contributed by atoms with van der Waals surface area (Å²) in [6.45, 7) is 10.8. The maximum atomic E-state index is 13.6. The summed E-state index contributed by atoms with van der Waals surface area (Å²) < 4.78 is 22.1. The first-order chi connectivity index (χ1) is 16.9. The molecule has 9 heteroatoms. The summed E-state index contributed by atoms with van der Waals surface area (Å²) in [7, 11) is 0. The summed E-state index contributed by atoms with van der Waals surface area (Å²) in [4.78, 5) is 32.2. The molecule has 4 rings (SSSR count). The molecule has 1 fully saturated rings. The Labute approximate surface area is 206 Å². The molecule has 0 spiro atoms. The number of hydrogen-bond acceptors (Lipinski definition) is 7. The van der Waals surface area contributed by atoms with Crippen molar-refractivity contribution in [2.75, 3.05) is 52.7 Å². The van der Waals surface area contributed by atoms with Crippen LogP contribution in [0.5, 0.6) is 11.5 Å². The standard InChI is InChI=1S/C26H35N3O6/c1-19(2)26(31)28(9-8-27-10-12-32-13-11-27)17-25(30)29(16-22-6-4-20(3)35-22)15-21-5-7-23-24(14-21)34-18-33-23/h4-7,14,19H,8-13,15-18H2,1-3H3. The second kappa shape index (κ2) is 11.6. The molecule has 1 saturated heterocycles. The van der Waals surface area contributed by atoms with E-state index in [2.05, 4.69) is 4.90 Å². The Kier molecular flexibility index (Phi) is 8.30. The monoisotopic (exact) mass is 485 g/mol. The van der Waals surface area contributed by atoms with E-state index >= 15 is 0 Å². The van der Waals surface area contributed by atoms with Crippen LogP contribution >= 0.6 is 0 Å². The van der Waals surface area contributed by atoms with Gasteiger partial charge in [-0.3, -0.25) is 14.5 Å². The van der Waals surface area contributed by atoms with Crippen LogP contribution in [0.3, 0.4) is 0 Å². The minimum Gasteiger partial charge on any atom is -0.464 e. The number of rotatable bonds is 10. The summed E-state index contributed by atoms with van der Waals surface area (Å²) in [5, 5.41) is 0. The number of amides is 2. The van der Waals surface area contributed by atoms with Crippen LogP contribution in [0, 0.1) is 12.8 Å². The van der Waals surface area contributed by atoms with Gasteiger partial charge in [-0.05, 0) is 36.8 Å². The highest BCUT2D eigenvalue weighted by atomic mass is 16.7. The number of ether oxygens (including phenoxy) is 3. The summed E-state index contributed by atoms with van der Waals surface area (Å²) in [6.07, 6.45) is 0. The lowest BCUT2D eigenvalue weighted by Gasteiger charge is -2.32. The normalized spacial score (nSPS) is 15.4. The number of furan rings is 1. The lowest BCUT2D eigenvalue weighted by molar-refractivity contribution is -0.143. The highest BCUT2D eigenvalue weighted by Gasteiger charge is 2.25. The molecule has 0 unspecified atom stereocenters. The van der Waals surface area contributed by atoms with E-state index in [0.29, 0.717) is 56.7 Å². The van der Waals surface area contributed by atoms with Gasteiger partial charge in [0.2, 0.25) is 18.6 Å². The van der Waals surface area contributed by atoms with E-state index in [4.69, 9.17) is 18.6 Å². The Morgan fingerprint density at radius 3 is 2.49 bits per heavy atom. The summed E-state index contributed by atoms with van der Waals surface area (Å²) >= 11 is 0. The van der Waals surface area contributed by atoms with Gasteiger partial charge in [0, 0.05) is 38.6 Å². The fourth-order valence-electron chi connectivity index (χ4n) is 4.23. The number of fused-ring (bicyclic) bond motifs is 1. The van der Waals surface area contributed by atoms with Crippen LogP contribution in [0.2, 0.25) is 0 Å². The van der Waals surface area contributed by atoms with Gasteiger partial charge in [-0.2, -0.15) is 0 Å². The molecule has 2 aliphatic heterocycles. The fraction of sp³-hybridized carbons (Fsp3) is 0.538. The Bertz CT molecular complexity index is 1010. The van der Waals surface area contributed by atoms with Crippen molar-refractivity contribution in [2.45, 2.75) is 33.9 Å². The Morgan fingerprint density at radius 1 is 1.00 bits per heavy atom. The van der Waals surface area contributed by atoms with E-state index in [1.807, 2.05) is 51.1 Å². The lowest BCUT2D eigenvalue weighted by Crippen LogP contribution is -2.48. The number of hydrogen-bond donors (Lipinski definition) is 0. The number of carbonyl (C=O) groups is 2. The third kappa shape index (κ3) is 6.76. The summed E-state index contributed by atoms with van der Waals surface area (Å²) in [6, 6.07) is 9.44. The van der Waals surface area contributed by atoms with Gasteiger partial charge in [-0.1, -0.05) is 19.9 Å². The Hall–Kier alpha value is -3.04. The third-order valence-electron chi connectivity index (χ3n) is 6.23. The minimum absolute atomic E-state index is 0.0194. The molecule has 2 aromatic rings. The zero-order chi connectivity index (χ0) is 24.8. The highest BCUT2D eigenvalue weighted by Crippen LogP contribution is 2.33. The topological polar surface area (TPSA) is 84.7 Å². The van der Waals surface area contributed by atoms with E-state index in [9.17, 15) is 9.59 Å². The fourth-order valence-corrected chi connectivity index (χ4v) is 4.23. The molecule has 0 radical (unpaired) electrons. The van der Waals surface area contributed by atoms with Crippen molar-refractivity contribution >= 4 is 11.8 Å². The van der Waals surface area contributed by atoms with E-state index in [1.54, 1.807) is 9.80 Å². The molecule has 0 saturated carbocycles. The predicted molar refractivity (Wildman–Crippen MR) is 129 cm³/mol. The van der Waals surface area contributed by atoms with E-state index < -0.39 is 0 Å². The average Bonchev–Trinajstić information content (AvgIpc) is 3.49. The van der Waals surface area contributed by atoms with E-state index in [1.165, 1.54) is 0 Å². The first kappa shape index (κ1) is 25.1. The molecular formula is C26H35N3O6. The van der Waals surface area contributed by atoms with E-state index in [-0.39, 0.29) is 31.1 Å². The van der Waals surface area contributed by atoms with Gasteiger partial charge in [0.05, 0.1) is 26.3 Å². The van der Waals surface area contributed by atoms with Gasteiger partial charge in [0.25, 0.3) is 0 Å². The van der Waals surface area contributed by atoms with Gasteiger partial charge < -0.3 is 28.4 Å². The van der Waals surface area contributed by atoms with Crippen molar-refractivity contribution in [1.29, 1.82) is 0 Å². The quantitative estimate of drug-likeness (QED) is 0.512. The van der Waals surface area contributed by atoms with Gasteiger partial charge >= 0.3 is 0 Å². The van der Waals surface area contributed by atoms with Crippen molar-refractivity contribution in [3.63, 3.8) is 0 Å². The average molecular weight is 486 g/mol. The number of benzene rings is 1. The Morgan fingerprint density at radius 2 is 1.77 bits per heavy atom. The molecule has 0 aliphatic carbocycles. The first-order valence-corrected chi connectivity index (χ1v) is 12.2. The molecular weight excluding hydrogens is 450 g/mol. The van der Waals surface area contributed by atoms with Crippen LogP contribution in [-0.4, -0.2) is 79.2 Å². The second-order valence-electron chi connectivity index (χ2n) is 9.32. The molecule has 0 bridgehead atoms. The largest absolute Gasteiger partial charge is 0.464 e. The van der Waals surface area contributed by atoms with Gasteiger partial charge in [-0.25, -0.2) is 0 Å². The molecule has 0 atom stereocenters. The zero-order valence-corrected chi connectivity index (χ0v) is 20.8. The molecule has 1 aromatic carbocycles. The molecule has 2 amide bonds. The van der Waals surface area contributed by atoms with Crippen LogP contribution in [0.15, 0.2) is 34.7 Å². The summed E-state index contributed by atoms with van der Waals surface area (Å²) in [5.41, 5.74) is 0.918. The van der Waals surface area contributed by atoms with Crippen LogP contribution in [0.4, 0.5) is 0 Å². The molecule has 3 heterocycles. The molecule has 9 nitrogen and oxygen atoms in total. The highest BCUT2D eigenvalue weighted by molar-refractivity contribution is 5.85. The maximum Gasteiger partial charge on any atom is 0.242 e. The molecule has 1 aromatic heterocycles. The van der Waals surface area contributed by atoms with Crippen LogP contribution in [0.1, 0.15) is 30.9 Å². The Balaban J connectivity index is 1.48. The van der Waals surface area contributed by atoms with Crippen molar-refractivity contribution in [1.82, 2.24) is 14.7 Å². The van der Waals surface area contributed by atoms with Crippen LogP contribution < -0.4 is 9.47 Å². The smallest absolute Gasteiger partial charge is 0.242 e. The molecule has 35 heavy (non-hydrogen) atoms. The summed E-state index contributed by atoms with van der Waals surface area (Å²) in [5.74, 6) is 2.51. The van der Waals surface area contributed by atoms with Crippen LogP contribution in [-0.2, 0) is 27.4 Å².